The normalized spacial score (nSPS) is 16.1. The van der Waals surface area contributed by atoms with Gasteiger partial charge < -0.3 is 15.2 Å². The summed E-state index contributed by atoms with van der Waals surface area (Å²) in [6.45, 7) is 6.18. The van der Waals surface area contributed by atoms with E-state index in [2.05, 4.69) is 26.5 Å². The van der Waals surface area contributed by atoms with Crippen molar-refractivity contribution in [3.05, 3.63) is 70.2 Å². The molecule has 7 heteroatoms. The predicted octanol–water partition coefficient (Wildman–Crippen LogP) is 3.50. The fourth-order valence-electron chi connectivity index (χ4n) is 3.30. The number of morpholine rings is 1. The van der Waals surface area contributed by atoms with Crippen LogP contribution in [-0.2, 0) is 11.3 Å². The quantitative estimate of drug-likeness (QED) is 0.665. The van der Waals surface area contributed by atoms with Crippen LogP contribution >= 0.6 is 11.3 Å². The molecule has 6 nitrogen and oxygen atoms in total. The number of aromatic nitrogens is 2. The van der Waals surface area contributed by atoms with Gasteiger partial charge in [0.25, 0.3) is 0 Å². The minimum Gasteiger partial charge on any atom is -0.381 e. The topological polar surface area (TPSA) is 70.5 Å². The summed E-state index contributed by atoms with van der Waals surface area (Å²) in [6.07, 6.45) is -0.790. The minimum absolute atomic E-state index is 0.588. The molecular formula is C21H24N4O2S. The number of benzene rings is 2. The molecule has 0 saturated carbocycles. The fraction of sp³-hybridized carbons (Fsp3) is 0.333. The molecule has 2 N–H and O–H groups in total. The van der Waals surface area contributed by atoms with Gasteiger partial charge in [-0.25, -0.2) is 0 Å². The Morgan fingerprint density at radius 3 is 2.68 bits per heavy atom. The maximum absolute atomic E-state index is 11.0. The van der Waals surface area contributed by atoms with Crippen molar-refractivity contribution in [2.24, 2.45) is 0 Å². The Labute approximate surface area is 168 Å². The summed E-state index contributed by atoms with van der Waals surface area (Å²) in [6, 6.07) is 16.0. The van der Waals surface area contributed by atoms with Crippen molar-refractivity contribution in [3.63, 3.8) is 0 Å². The van der Waals surface area contributed by atoms with Crippen LogP contribution in [0.4, 0.5) is 10.8 Å². The second-order valence-electron chi connectivity index (χ2n) is 6.88. The Morgan fingerprint density at radius 1 is 1.11 bits per heavy atom. The van der Waals surface area contributed by atoms with Gasteiger partial charge in [0.15, 0.2) is 5.01 Å². The molecule has 0 radical (unpaired) electrons. The third kappa shape index (κ3) is 4.39. The van der Waals surface area contributed by atoms with Crippen LogP contribution in [0.15, 0.2) is 48.5 Å². The van der Waals surface area contributed by atoms with E-state index in [4.69, 9.17) is 4.74 Å². The molecule has 1 unspecified atom stereocenters. The van der Waals surface area contributed by atoms with E-state index in [0.29, 0.717) is 10.1 Å². The molecule has 4 rings (SSSR count). The Hall–Kier alpha value is -2.32. The van der Waals surface area contributed by atoms with Crippen LogP contribution in [-0.4, -0.2) is 46.5 Å². The summed E-state index contributed by atoms with van der Waals surface area (Å²) in [5, 5.41) is 24.0. The number of hydrogen-bond donors (Lipinski definition) is 2. The summed E-state index contributed by atoms with van der Waals surface area (Å²) in [5.74, 6) is 0. The summed E-state index contributed by atoms with van der Waals surface area (Å²) >= 11 is 1.38. The second-order valence-corrected chi connectivity index (χ2v) is 7.88. The van der Waals surface area contributed by atoms with E-state index in [-0.39, 0.29) is 0 Å². The molecule has 28 heavy (non-hydrogen) atoms. The number of para-hydroxylation sites is 1. The number of anilines is 2. The van der Waals surface area contributed by atoms with Crippen LogP contribution in [0.3, 0.4) is 0 Å². The highest BCUT2D eigenvalue weighted by atomic mass is 32.1. The van der Waals surface area contributed by atoms with Gasteiger partial charge in [0.1, 0.15) is 6.10 Å². The fourth-order valence-corrected chi connectivity index (χ4v) is 4.06. The summed E-state index contributed by atoms with van der Waals surface area (Å²) in [7, 11) is 0. The van der Waals surface area contributed by atoms with Crippen LogP contribution in [0.5, 0.6) is 0 Å². The van der Waals surface area contributed by atoms with Crippen LogP contribution < -0.4 is 5.32 Å². The third-order valence-corrected chi connectivity index (χ3v) is 5.80. The molecular weight excluding hydrogens is 372 g/mol. The number of rotatable bonds is 6. The first kappa shape index (κ1) is 19.0. The van der Waals surface area contributed by atoms with E-state index in [1.807, 2.05) is 49.4 Å². The van der Waals surface area contributed by atoms with Crippen molar-refractivity contribution >= 4 is 22.2 Å². The first-order valence-corrected chi connectivity index (χ1v) is 10.2. The van der Waals surface area contributed by atoms with E-state index in [0.717, 1.165) is 55.2 Å². The first-order valence-electron chi connectivity index (χ1n) is 9.43. The predicted molar refractivity (Wildman–Crippen MR) is 111 cm³/mol. The van der Waals surface area contributed by atoms with E-state index in [1.54, 1.807) is 0 Å². The van der Waals surface area contributed by atoms with Gasteiger partial charge in [0, 0.05) is 25.3 Å². The number of nitrogens with one attached hydrogen (secondary N) is 1. The molecule has 1 fully saturated rings. The zero-order valence-corrected chi connectivity index (χ0v) is 16.7. The van der Waals surface area contributed by atoms with Gasteiger partial charge >= 0.3 is 0 Å². The average molecular weight is 397 g/mol. The monoisotopic (exact) mass is 396 g/mol. The maximum atomic E-state index is 11.0. The largest absolute Gasteiger partial charge is 0.381 e. The van der Waals surface area contributed by atoms with Gasteiger partial charge in [0.2, 0.25) is 5.13 Å². The van der Waals surface area contributed by atoms with Crippen molar-refractivity contribution in [1.82, 2.24) is 15.1 Å². The van der Waals surface area contributed by atoms with Gasteiger partial charge in [-0.15, -0.1) is 10.2 Å². The average Bonchev–Trinajstić information content (AvgIpc) is 3.19. The highest BCUT2D eigenvalue weighted by molar-refractivity contribution is 7.15. The number of aliphatic hydroxyl groups excluding tert-OH is 1. The van der Waals surface area contributed by atoms with Gasteiger partial charge in [-0.3, -0.25) is 4.90 Å². The number of nitrogens with zero attached hydrogens (tertiary/aromatic N) is 3. The zero-order chi connectivity index (χ0) is 19.3. The van der Waals surface area contributed by atoms with Crippen LogP contribution in [0.2, 0.25) is 0 Å². The SMILES string of the molecule is Cc1ccccc1Nc1nnc(C(O)c2ccccc2CN2CCOCC2)s1. The summed E-state index contributed by atoms with van der Waals surface area (Å²) < 4.78 is 5.43. The number of aryl methyl sites for hydroxylation is 1. The smallest absolute Gasteiger partial charge is 0.210 e. The molecule has 0 spiro atoms. The van der Waals surface area contributed by atoms with Crippen molar-refractivity contribution in [3.8, 4) is 0 Å². The van der Waals surface area contributed by atoms with Crippen LogP contribution in [0.25, 0.3) is 0 Å². The van der Waals surface area contributed by atoms with E-state index in [1.165, 1.54) is 11.3 Å². The first-order chi connectivity index (χ1) is 13.7. The Bertz CT molecular complexity index is 924. The second kappa shape index (κ2) is 8.79. The lowest BCUT2D eigenvalue weighted by molar-refractivity contribution is 0.0338. The molecule has 2 heterocycles. The summed E-state index contributed by atoms with van der Waals surface area (Å²) in [4.78, 5) is 2.35. The van der Waals surface area contributed by atoms with E-state index < -0.39 is 6.10 Å². The van der Waals surface area contributed by atoms with Crippen molar-refractivity contribution in [1.29, 1.82) is 0 Å². The molecule has 1 aliphatic rings. The minimum atomic E-state index is -0.790. The lowest BCUT2D eigenvalue weighted by Gasteiger charge is -2.27. The van der Waals surface area contributed by atoms with Crippen LogP contribution in [0, 0.1) is 6.92 Å². The number of hydrogen-bond acceptors (Lipinski definition) is 7. The highest BCUT2D eigenvalue weighted by Gasteiger charge is 2.21. The number of ether oxygens (including phenoxy) is 1. The number of aliphatic hydroxyl groups is 1. The summed E-state index contributed by atoms with van der Waals surface area (Å²) in [5.41, 5.74) is 4.12. The molecule has 1 aliphatic heterocycles. The van der Waals surface area contributed by atoms with Gasteiger partial charge in [-0.1, -0.05) is 53.8 Å². The molecule has 1 aromatic heterocycles. The standard InChI is InChI=1S/C21H24N4O2S/c1-15-6-2-5-9-18(15)22-21-24-23-20(28-21)19(26)17-8-4-3-7-16(17)14-25-10-12-27-13-11-25/h2-9,19,26H,10-14H2,1H3,(H,22,24). The van der Waals surface area contributed by atoms with Crippen molar-refractivity contribution < 1.29 is 9.84 Å². The highest BCUT2D eigenvalue weighted by Crippen LogP contribution is 2.31. The third-order valence-electron chi connectivity index (χ3n) is 4.91. The molecule has 0 aliphatic carbocycles. The lowest BCUT2D eigenvalue weighted by atomic mass is 10.0. The molecule has 1 atom stereocenters. The molecule has 3 aromatic rings. The Balaban J connectivity index is 1.51. The van der Waals surface area contributed by atoms with E-state index in [9.17, 15) is 5.11 Å². The van der Waals surface area contributed by atoms with Crippen molar-refractivity contribution in [2.45, 2.75) is 19.6 Å². The van der Waals surface area contributed by atoms with Crippen LogP contribution in [0.1, 0.15) is 27.8 Å². The molecule has 0 bridgehead atoms. The van der Waals surface area contributed by atoms with Crippen molar-refractivity contribution in [2.75, 3.05) is 31.6 Å². The Morgan fingerprint density at radius 2 is 1.86 bits per heavy atom. The molecule has 146 valence electrons. The van der Waals surface area contributed by atoms with Gasteiger partial charge in [0.05, 0.1) is 13.2 Å². The zero-order valence-electron chi connectivity index (χ0n) is 15.8. The molecule has 0 amide bonds. The maximum Gasteiger partial charge on any atom is 0.210 e. The molecule has 2 aromatic carbocycles. The van der Waals surface area contributed by atoms with Gasteiger partial charge in [-0.05, 0) is 29.7 Å². The van der Waals surface area contributed by atoms with E-state index >= 15 is 0 Å². The molecule has 1 saturated heterocycles. The van der Waals surface area contributed by atoms with Gasteiger partial charge in [-0.2, -0.15) is 0 Å². The Kier molecular flexibility index (Phi) is 5.97. The lowest BCUT2D eigenvalue weighted by Crippen LogP contribution is -2.36.